The van der Waals surface area contributed by atoms with Gasteiger partial charge in [-0.1, -0.05) is 6.92 Å². The summed E-state index contributed by atoms with van der Waals surface area (Å²) in [6, 6.07) is 4.72. The van der Waals surface area contributed by atoms with E-state index in [0.29, 0.717) is 12.5 Å². The lowest BCUT2D eigenvalue weighted by Gasteiger charge is -2.12. The van der Waals surface area contributed by atoms with E-state index in [4.69, 9.17) is 0 Å². The fourth-order valence-electron chi connectivity index (χ4n) is 1.85. The van der Waals surface area contributed by atoms with E-state index >= 15 is 0 Å². The molecular formula is C14H10F5N. The molecule has 0 N–H and O–H groups in total. The fraction of sp³-hybridized carbons (Fsp3) is 0.214. The molecule has 1 aromatic heterocycles. The first-order valence-electron chi connectivity index (χ1n) is 5.85. The minimum Gasteiger partial charge on any atom is -0.256 e. The molecule has 2 rings (SSSR count). The number of halogens is 5. The van der Waals surface area contributed by atoms with Crippen LogP contribution in [0.5, 0.6) is 0 Å². The van der Waals surface area contributed by atoms with Crippen molar-refractivity contribution in [1.82, 2.24) is 4.98 Å². The molecule has 0 saturated heterocycles. The van der Waals surface area contributed by atoms with Crippen LogP contribution in [0.25, 0.3) is 11.3 Å². The molecule has 0 aliphatic carbocycles. The summed E-state index contributed by atoms with van der Waals surface area (Å²) in [7, 11) is 0. The summed E-state index contributed by atoms with van der Waals surface area (Å²) in [5, 5.41) is 0. The van der Waals surface area contributed by atoms with Crippen LogP contribution in [0.15, 0.2) is 30.5 Å². The van der Waals surface area contributed by atoms with E-state index in [1.54, 1.807) is 6.07 Å². The molecule has 0 radical (unpaired) electrons. The molecule has 1 aromatic carbocycles. The van der Waals surface area contributed by atoms with E-state index in [1.165, 1.54) is 12.3 Å². The Kier molecular flexibility index (Phi) is 3.74. The number of aryl methyl sites for hydroxylation is 1. The smallest absolute Gasteiger partial charge is 0.256 e. The van der Waals surface area contributed by atoms with Crippen molar-refractivity contribution < 1.29 is 22.0 Å². The number of hydrogen-bond donors (Lipinski definition) is 0. The van der Waals surface area contributed by atoms with Gasteiger partial charge >= 0.3 is 6.18 Å². The highest BCUT2D eigenvalue weighted by Gasteiger charge is 2.38. The van der Waals surface area contributed by atoms with Crippen LogP contribution >= 0.6 is 0 Å². The average Bonchev–Trinajstić information content (AvgIpc) is 2.37. The second kappa shape index (κ2) is 5.19. The van der Waals surface area contributed by atoms with Crippen molar-refractivity contribution in [1.29, 1.82) is 0 Å². The van der Waals surface area contributed by atoms with Crippen molar-refractivity contribution >= 4 is 0 Å². The summed E-state index contributed by atoms with van der Waals surface area (Å²) in [6.45, 7) is 1.85. The highest BCUT2D eigenvalue weighted by atomic mass is 19.4. The summed E-state index contributed by atoms with van der Waals surface area (Å²) in [4.78, 5) is 3.84. The second-order valence-electron chi connectivity index (χ2n) is 4.18. The largest absolute Gasteiger partial charge is 0.422 e. The minimum atomic E-state index is -5.09. The highest BCUT2D eigenvalue weighted by molar-refractivity contribution is 5.62. The average molecular weight is 287 g/mol. The Bertz CT molecular complexity index is 634. The van der Waals surface area contributed by atoms with E-state index < -0.39 is 23.4 Å². The van der Waals surface area contributed by atoms with Gasteiger partial charge in [0.05, 0.1) is 5.69 Å². The Hall–Kier alpha value is -1.98. The van der Waals surface area contributed by atoms with Gasteiger partial charge < -0.3 is 0 Å². The normalized spacial score (nSPS) is 11.7. The SMILES string of the molecule is CCc1ccnc(-c2ccc(F)c(C(F)(F)F)c2F)c1. The third-order valence-electron chi connectivity index (χ3n) is 2.88. The molecule has 1 heterocycles. The lowest BCUT2D eigenvalue weighted by atomic mass is 10.0. The molecule has 1 nitrogen and oxygen atoms in total. The van der Waals surface area contributed by atoms with Crippen LogP contribution in [0.4, 0.5) is 22.0 Å². The van der Waals surface area contributed by atoms with Crippen LogP contribution in [-0.4, -0.2) is 4.98 Å². The molecular weight excluding hydrogens is 277 g/mol. The third kappa shape index (κ3) is 2.64. The molecule has 0 spiro atoms. The third-order valence-corrected chi connectivity index (χ3v) is 2.88. The molecule has 20 heavy (non-hydrogen) atoms. The van der Waals surface area contributed by atoms with Crippen LogP contribution in [-0.2, 0) is 12.6 Å². The van der Waals surface area contributed by atoms with Crippen molar-refractivity contribution in [3.8, 4) is 11.3 Å². The molecule has 0 fully saturated rings. The zero-order valence-electron chi connectivity index (χ0n) is 10.4. The van der Waals surface area contributed by atoms with Crippen LogP contribution < -0.4 is 0 Å². The molecule has 0 unspecified atom stereocenters. The lowest BCUT2D eigenvalue weighted by Crippen LogP contribution is -2.12. The highest BCUT2D eigenvalue weighted by Crippen LogP contribution is 2.37. The predicted molar refractivity (Wildman–Crippen MR) is 64.0 cm³/mol. The van der Waals surface area contributed by atoms with Crippen LogP contribution in [0.3, 0.4) is 0 Å². The van der Waals surface area contributed by atoms with Crippen molar-refractivity contribution in [2.75, 3.05) is 0 Å². The van der Waals surface area contributed by atoms with Gasteiger partial charge in [0, 0.05) is 11.8 Å². The van der Waals surface area contributed by atoms with Crippen molar-refractivity contribution in [2.24, 2.45) is 0 Å². The molecule has 2 aromatic rings. The Labute approximate surface area is 112 Å². The fourth-order valence-corrected chi connectivity index (χ4v) is 1.85. The van der Waals surface area contributed by atoms with Crippen LogP contribution in [0.2, 0.25) is 0 Å². The number of aromatic nitrogens is 1. The first kappa shape index (κ1) is 14.4. The summed E-state index contributed by atoms with van der Waals surface area (Å²) in [6.07, 6.45) is -3.08. The first-order valence-corrected chi connectivity index (χ1v) is 5.85. The van der Waals surface area contributed by atoms with Crippen molar-refractivity contribution in [3.63, 3.8) is 0 Å². The van der Waals surface area contributed by atoms with E-state index in [-0.39, 0.29) is 11.3 Å². The van der Waals surface area contributed by atoms with Gasteiger partial charge in [-0.15, -0.1) is 0 Å². The molecule has 0 atom stereocenters. The second-order valence-corrected chi connectivity index (χ2v) is 4.18. The van der Waals surface area contributed by atoms with Gasteiger partial charge in [0.1, 0.15) is 17.2 Å². The Morgan fingerprint density at radius 3 is 2.40 bits per heavy atom. The predicted octanol–water partition coefficient (Wildman–Crippen LogP) is 4.61. The van der Waals surface area contributed by atoms with E-state index in [0.717, 1.165) is 11.6 Å². The molecule has 0 saturated carbocycles. The van der Waals surface area contributed by atoms with Crippen LogP contribution in [0.1, 0.15) is 18.1 Å². The standard InChI is InChI=1S/C14H10F5N/c1-2-8-5-6-20-11(7-8)9-3-4-10(15)12(13(9)16)14(17,18)19/h3-7H,2H2,1H3. The monoisotopic (exact) mass is 287 g/mol. The Morgan fingerprint density at radius 1 is 1.10 bits per heavy atom. The Balaban J connectivity index is 2.64. The first-order chi connectivity index (χ1) is 9.34. The number of alkyl halides is 3. The molecule has 0 aliphatic heterocycles. The number of benzene rings is 1. The maximum Gasteiger partial charge on any atom is 0.422 e. The summed E-state index contributed by atoms with van der Waals surface area (Å²) >= 11 is 0. The number of hydrogen-bond acceptors (Lipinski definition) is 1. The number of rotatable bonds is 2. The molecule has 0 bridgehead atoms. The molecule has 0 amide bonds. The van der Waals surface area contributed by atoms with Crippen molar-refractivity contribution in [3.05, 3.63) is 53.2 Å². The molecule has 6 heteroatoms. The van der Waals surface area contributed by atoms with E-state index in [2.05, 4.69) is 4.98 Å². The topological polar surface area (TPSA) is 12.9 Å². The lowest BCUT2D eigenvalue weighted by molar-refractivity contribution is -0.142. The summed E-state index contributed by atoms with van der Waals surface area (Å²) in [5.41, 5.74) is -1.41. The van der Waals surface area contributed by atoms with Gasteiger partial charge in [0.25, 0.3) is 0 Å². The van der Waals surface area contributed by atoms with Gasteiger partial charge in [-0.05, 0) is 36.2 Å². The van der Waals surface area contributed by atoms with Gasteiger partial charge in [-0.25, -0.2) is 8.78 Å². The van der Waals surface area contributed by atoms with Gasteiger partial charge in [0.2, 0.25) is 0 Å². The van der Waals surface area contributed by atoms with E-state index in [9.17, 15) is 22.0 Å². The van der Waals surface area contributed by atoms with Gasteiger partial charge in [-0.2, -0.15) is 13.2 Å². The van der Waals surface area contributed by atoms with Crippen molar-refractivity contribution in [2.45, 2.75) is 19.5 Å². The molecule has 0 aliphatic rings. The maximum atomic E-state index is 14.0. The zero-order chi connectivity index (χ0) is 14.9. The van der Waals surface area contributed by atoms with E-state index in [1.807, 2.05) is 6.92 Å². The molecule has 106 valence electrons. The maximum absolute atomic E-state index is 14.0. The summed E-state index contributed by atoms with van der Waals surface area (Å²) in [5.74, 6) is -3.27. The number of pyridine rings is 1. The zero-order valence-corrected chi connectivity index (χ0v) is 10.4. The Morgan fingerprint density at radius 2 is 1.80 bits per heavy atom. The van der Waals surface area contributed by atoms with Gasteiger partial charge in [-0.3, -0.25) is 4.98 Å². The van der Waals surface area contributed by atoms with Crippen LogP contribution in [0, 0.1) is 11.6 Å². The number of nitrogens with zero attached hydrogens (tertiary/aromatic N) is 1. The summed E-state index contributed by atoms with van der Waals surface area (Å²) < 4.78 is 65.1. The quantitative estimate of drug-likeness (QED) is 0.735. The van der Waals surface area contributed by atoms with Gasteiger partial charge in [0.15, 0.2) is 0 Å². The minimum absolute atomic E-state index is 0.0485.